The lowest BCUT2D eigenvalue weighted by molar-refractivity contribution is -0.123. The van der Waals surface area contributed by atoms with Crippen molar-refractivity contribution >= 4 is 33.4 Å². The van der Waals surface area contributed by atoms with Gasteiger partial charge >= 0.3 is 0 Å². The van der Waals surface area contributed by atoms with E-state index in [2.05, 4.69) is 15.8 Å². The molecule has 0 aliphatic heterocycles. The van der Waals surface area contributed by atoms with Crippen molar-refractivity contribution in [2.45, 2.75) is 0 Å². The number of hydrogen-bond donors (Lipinski definition) is 2. The molecule has 122 valence electrons. The van der Waals surface area contributed by atoms with Crippen molar-refractivity contribution in [2.24, 2.45) is 0 Å². The first kappa shape index (κ1) is 15.9. The number of thiazole rings is 1. The largest absolute Gasteiger partial charge is 0.481 e. The Balaban J connectivity index is 1.52. The molecule has 2 aromatic carbocycles. The van der Waals surface area contributed by atoms with Crippen molar-refractivity contribution in [3.8, 4) is 5.75 Å². The summed E-state index contributed by atoms with van der Waals surface area (Å²) >= 11 is 1.42. The lowest BCUT2D eigenvalue weighted by atomic mass is 10.2. The number of para-hydroxylation sites is 1. The van der Waals surface area contributed by atoms with Gasteiger partial charge in [-0.3, -0.25) is 20.4 Å². The number of aromatic nitrogens is 1. The summed E-state index contributed by atoms with van der Waals surface area (Å²) in [6, 6.07) is 10.8. The van der Waals surface area contributed by atoms with Gasteiger partial charge in [-0.05, 0) is 30.3 Å². The van der Waals surface area contributed by atoms with Crippen molar-refractivity contribution in [1.82, 2.24) is 15.8 Å². The van der Waals surface area contributed by atoms with Crippen LogP contribution in [0.25, 0.3) is 10.2 Å². The zero-order valence-corrected chi connectivity index (χ0v) is 13.1. The molecule has 0 aliphatic carbocycles. The Labute approximate surface area is 140 Å². The molecule has 6 nitrogen and oxygen atoms in total. The fourth-order valence-corrected chi connectivity index (χ4v) is 2.65. The minimum atomic E-state index is -0.606. The van der Waals surface area contributed by atoms with Crippen LogP contribution in [0.3, 0.4) is 0 Å². The molecule has 8 heteroatoms. The molecule has 0 saturated carbocycles. The van der Waals surface area contributed by atoms with Gasteiger partial charge in [0.15, 0.2) is 18.2 Å². The van der Waals surface area contributed by atoms with Crippen molar-refractivity contribution < 1.29 is 18.7 Å². The number of carbonyl (C=O) groups excluding carboxylic acids is 2. The molecule has 0 spiro atoms. The van der Waals surface area contributed by atoms with Gasteiger partial charge in [0.1, 0.15) is 0 Å². The molecular formula is C16H12FN3O3S. The monoisotopic (exact) mass is 345 g/mol. The van der Waals surface area contributed by atoms with Crippen LogP contribution in [0.4, 0.5) is 4.39 Å². The van der Waals surface area contributed by atoms with Crippen molar-refractivity contribution in [3.63, 3.8) is 0 Å². The third-order valence-corrected chi connectivity index (χ3v) is 3.90. The molecule has 0 fully saturated rings. The fraction of sp³-hybridized carbons (Fsp3) is 0.0625. The molecule has 1 aromatic heterocycles. The smallest absolute Gasteiger partial charge is 0.276 e. The standard InChI is InChI=1S/C16H12FN3O3S/c17-11-3-1-2-4-13(11)23-8-15(21)19-20-16(22)10-5-6-12-14(7-10)24-9-18-12/h1-7,9H,8H2,(H,19,21)(H,20,22). The zero-order valence-electron chi connectivity index (χ0n) is 12.3. The average Bonchev–Trinajstić information content (AvgIpc) is 3.06. The highest BCUT2D eigenvalue weighted by Gasteiger charge is 2.10. The number of nitrogens with one attached hydrogen (secondary N) is 2. The van der Waals surface area contributed by atoms with E-state index in [1.54, 1.807) is 29.8 Å². The van der Waals surface area contributed by atoms with Gasteiger partial charge < -0.3 is 4.74 Å². The zero-order chi connectivity index (χ0) is 16.9. The second-order valence-electron chi connectivity index (χ2n) is 4.76. The highest BCUT2D eigenvalue weighted by atomic mass is 32.1. The van der Waals surface area contributed by atoms with E-state index in [9.17, 15) is 14.0 Å². The number of nitrogens with zero attached hydrogens (tertiary/aromatic N) is 1. The number of benzene rings is 2. The number of ether oxygens (including phenoxy) is 1. The van der Waals surface area contributed by atoms with Gasteiger partial charge in [-0.2, -0.15) is 0 Å². The van der Waals surface area contributed by atoms with Crippen molar-refractivity contribution in [2.75, 3.05) is 6.61 Å². The Morgan fingerprint density at radius 1 is 1.17 bits per heavy atom. The molecule has 0 saturated heterocycles. The average molecular weight is 345 g/mol. The van der Waals surface area contributed by atoms with Crippen LogP contribution in [0.5, 0.6) is 5.75 Å². The van der Waals surface area contributed by atoms with Crippen LogP contribution < -0.4 is 15.6 Å². The van der Waals surface area contributed by atoms with Gasteiger partial charge in [-0.1, -0.05) is 12.1 Å². The van der Waals surface area contributed by atoms with E-state index in [1.807, 2.05) is 0 Å². The SMILES string of the molecule is O=C(COc1ccccc1F)NNC(=O)c1ccc2ncsc2c1. The third-order valence-electron chi connectivity index (χ3n) is 3.10. The van der Waals surface area contributed by atoms with E-state index in [4.69, 9.17) is 4.74 Å². The van der Waals surface area contributed by atoms with Crippen LogP contribution >= 0.6 is 11.3 Å². The van der Waals surface area contributed by atoms with Gasteiger partial charge in [0.2, 0.25) is 0 Å². The second kappa shape index (κ2) is 7.05. The van der Waals surface area contributed by atoms with Gasteiger partial charge in [0.05, 0.1) is 15.7 Å². The molecule has 0 aliphatic rings. The minimum Gasteiger partial charge on any atom is -0.481 e. The molecule has 0 radical (unpaired) electrons. The predicted molar refractivity (Wildman–Crippen MR) is 87.1 cm³/mol. The summed E-state index contributed by atoms with van der Waals surface area (Å²) in [6.45, 7) is -0.422. The lowest BCUT2D eigenvalue weighted by Gasteiger charge is -2.09. The summed E-state index contributed by atoms with van der Waals surface area (Å²) in [4.78, 5) is 27.8. The first-order valence-corrected chi connectivity index (χ1v) is 7.81. The Morgan fingerprint density at radius 3 is 2.83 bits per heavy atom. The molecule has 0 atom stereocenters. The molecule has 2 N–H and O–H groups in total. The summed E-state index contributed by atoms with van der Waals surface area (Å²) < 4.78 is 19.3. The number of carbonyl (C=O) groups is 2. The van der Waals surface area contributed by atoms with Gasteiger partial charge in [-0.25, -0.2) is 9.37 Å². The minimum absolute atomic E-state index is 0.0328. The molecule has 0 bridgehead atoms. The highest BCUT2D eigenvalue weighted by molar-refractivity contribution is 7.16. The first-order valence-electron chi connectivity index (χ1n) is 6.93. The maximum absolute atomic E-state index is 13.3. The first-order chi connectivity index (χ1) is 11.6. The fourth-order valence-electron chi connectivity index (χ4n) is 1.94. The molecule has 3 rings (SSSR count). The van der Waals surface area contributed by atoms with Crippen molar-refractivity contribution in [3.05, 3.63) is 59.4 Å². The second-order valence-corrected chi connectivity index (χ2v) is 5.64. The van der Waals surface area contributed by atoms with E-state index in [1.165, 1.54) is 29.5 Å². The number of hydrogen-bond acceptors (Lipinski definition) is 5. The summed E-state index contributed by atoms with van der Waals surface area (Å²) in [6.07, 6.45) is 0. The quantitative estimate of drug-likeness (QED) is 0.711. The number of hydrazine groups is 1. The normalized spacial score (nSPS) is 10.4. The van der Waals surface area contributed by atoms with E-state index >= 15 is 0 Å². The van der Waals surface area contributed by atoms with E-state index < -0.39 is 24.2 Å². The predicted octanol–water partition coefficient (Wildman–Crippen LogP) is 2.28. The lowest BCUT2D eigenvalue weighted by Crippen LogP contribution is -2.43. The maximum atomic E-state index is 13.3. The Kier molecular flexibility index (Phi) is 4.66. The Hall–Kier alpha value is -3.00. The Bertz CT molecular complexity index is 897. The molecule has 0 unspecified atom stereocenters. The molecule has 24 heavy (non-hydrogen) atoms. The maximum Gasteiger partial charge on any atom is 0.276 e. The van der Waals surface area contributed by atoms with E-state index in [-0.39, 0.29) is 5.75 Å². The van der Waals surface area contributed by atoms with Crippen molar-refractivity contribution in [1.29, 1.82) is 0 Å². The summed E-state index contributed by atoms with van der Waals surface area (Å²) in [5.41, 5.74) is 7.38. The topological polar surface area (TPSA) is 80.3 Å². The summed E-state index contributed by atoms with van der Waals surface area (Å²) in [5, 5.41) is 0. The van der Waals surface area contributed by atoms with E-state index in [0.717, 1.165) is 10.2 Å². The van der Waals surface area contributed by atoms with Gasteiger partial charge in [0.25, 0.3) is 11.8 Å². The van der Waals surface area contributed by atoms with E-state index in [0.29, 0.717) is 5.56 Å². The Morgan fingerprint density at radius 2 is 2.00 bits per heavy atom. The van der Waals surface area contributed by atoms with Gasteiger partial charge in [0, 0.05) is 5.56 Å². The highest BCUT2D eigenvalue weighted by Crippen LogP contribution is 2.19. The number of amides is 2. The molecular weight excluding hydrogens is 333 g/mol. The summed E-state index contributed by atoms with van der Waals surface area (Å²) in [7, 11) is 0. The number of rotatable bonds is 4. The summed E-state index contributed by atoms with van der Waals surface area (Å²) in [5.74, 6) is -1.67. The van der Waals surface area contributed by atoms with Crippen LogP contribution in [0, 0.1) is 5.82 Å². The molecule has 2 amide bonds. The van der Waals surface area contributed by atoms with Gasteiger partial charge in [-0.15, -0.1) is 11.3 Å². The van der Waals surface area contributed by atoms with Crippen LogP contribution in [0.1, 0.15) is 10.4 Å². The van der Waals surface area contributed by atoms with Crippen LogP contribution in [-0.4, -0.2) is 23.4 Å². The molecule has 3 aromatic rings. The van der Waals surface area contributed by atoms with Crippen LogP contribution in [-0.2, 0) is 4.79 Å². The third kappa shape index (κ3) is 3.66. The number of fused-ring (bicyclic) bond motifs is 1. The number of halogens is 1. The molecule has 1 heterocycles. The van der Waals surface area contributed by atoms with Crippen LogP contribution in [0.15, 0.2) is 48.0 Å². The van der Waals surface area contributed by atoms with Crippen LogP contribution in [0.2, 0.25) is 0 Å².